The van der Waals surface area contributed by atoms with E-state index in [4.69, 9.17) is 9.26 Å². The third-order valence-corrected chi connectivity index (χ3v) is 3.09. The topological polar surface area (TPSA) is 65.2 Å². The first-order valence-corrected chi connectivity index (χ1v) is 6.11. The summed E-state index contributed by atoms with van der Waals surface area (Å²) in [5.41, 5.74) is 2.91. The van der Waals surface area contributed by atoms with Crippen LogP contribution in [-0.2, 0) is 4.74 Å². The third kappa shape index (κ3) is 1.93. The van der Waals surface area contributed by atoms with Crippen molar-refractivity contribution in [2.45, 2.75) is 6.92 Å². The molecule has 0 unspecified atom stereocenters. The van der Waals surface area contributed by atoms with Gasteiger partial charge in [-0.3, -0.25) is 0 Å². The fourth-order valence-corrected chi connectivity index (χ4v) is 2.12. The van der Waals surface area contributed by atoms with Gasteiger partial charge in [-0.05, 0) is 13.0 Å². The van der Waals surface area contributed by atoms with E-state index in [0.29, 0.717) is 28.1 Å². The number of nitrogens with zero attached hydrogens (tertiary/aromatic N) is 2. The molecule has 0 saturated heterocycles. The molecule has 2 heterocycles. The second kappa shape index (κ2) is 4.77. The van der Waals surface area contributed by atoms with E-state index in [1.807, 2.05) is 30.3 Å². The zero-order chi connectivity index (χ0) is 14.1. The van der Waals surface area contributed by atoms with Gasteiger partial charge in [0, 0.05) is 5.56 Å². The van der Waals surface area contributed by atoms with Crippen LogP contribution in [0, 0.1) is 6.92 Å². The van der Waals surface area contributed by atoms with Crippen LogP contribution in [0.25, 0.3) is 22.4 Å². The Bertz CT molecular complexity index is 778. The van der Waals surface area contributed by atoms with Gasteiger partial charge in [0.05, 0.1) is 29.4 Å². The van der Waals surface area contributed by atoms with Crippen LogP contribution >= 0.6 is 0 Å². The Balaban J connectivity index is 2.29. The molecule has 0 spiro atoms. The van der Waals surface area contributed by atoms with Gasteiger partial charge in [-0.1, -0.05) is 35.5 Å². The lowest BCUT2D eigenvalue weighted by atomic mass is 10.1. The SMILES string of the molecule is COC(=O)c1cc(-c2ccccc2)nc2onc(C)c12. The van der Waals surface area contributed by atoms with Crippen LogP contribution in [-0.4, -0.2) is 23.2 Å². The normalized spacial score (nSPS) is 10.7. The summed E-state index contributed by atoms with van der Waals surface area (Å²) in [5.74, 6) is -0.430. The van der Waals surface area contributed by atoms with Crippen LogP contribution < -0.4 is 0 Å². The summed E-state index contributed by atoms with van der Waals surface area (Å²) in [6, 6.07) is 11.3. The average Bonchev–Trinajstić information content (AvgIpc) is 2.88. The number of rotatable bonds is 2. The smallest absolute Gasteiger partial charge is 0.338 e. The molecule has 0 bridgehead atoms. The van der Waals surface area contributed by atoms with Gasteiger partial charge in [0.2, 0.25) is 0 Å². The zero-order valence-corrected chi connectivity index (χ0v) is 11.1. The number of fused-ring (bicyclic) bond motifs is 1. The molecule has 0 aliphatic carbocycles. The van der Waals surface area contributed by atoms with Crippen molar-refractivity contribution < 1.29 is 14.1 Å². The molecule has 3 rings (SSSR count). The highest BCUT2D eigenvalue weighted by Gasteiger charge is 2.19. The molecule has 2 aromatic heterocycles. The number of esters is 1. The minimum atomic E-state index is -0.430. The number of aromatic nitrogens is 2. The van der Waals surface area contributed by atoms with Crippen molar-refractivity contribution in [2.24, 2.45) is 0 Å². The standard InChI is InChI=1S/C15H12N2O3/c1-9-13-11(15(18)19-2)8-12(16-14(13)20-17-9)10-6-4-3-5-7-10/h3-8H,1-2H3. The summed E-state index contributed by atoms with van der Waals surface area (Å²) >= 11 is 0. The van der Waals surface area contributed by atoms with E-state index in [-0.39, 0.29) is 0 Å². The Kier molecular flexibility index (Phi) is 2.95. The largest absolute Gasteiger partial charge is 0.465 e. The highest BCUT2D eigenvalue weighted by Crippen LogP contribution is 2.27. The molecule has 0 aliphatic heterocycles. The van der Waals surface area contributed by atoms with E-state index in [1.54, 1.807) is 13.0 Å². The minimum absolute atomic E-state index is 0.337. The van der Waals surface area contributed by atoms with E-state index in [2.05, 4.69) is 10.1 Å². The fourth-order valence-electron chi connectivity index (χ4n) is 2.12. The summed E-state index contributed by atoms with van der Waals surface area (Å²) < 4.78 is 10.0. The van der Waals surface area contributed by atoms with Crippen LogP contribution in [0.2, 0.25) is 0 Å². The Hall–Kier alpha value is -2.69. The molecule has 5 heteroatoms. The first-order chi connectivity index (χ1) is 9.70. The molecular formula is C15H12N2O3. The van der Waals surface area contributed by atoms with Crippen molar-refractivity contribution in [3.05, 3.63) is 47.7 Å². The predicted molar refractivity (Wildman–Crippen MR) is 73.3 cm³/mol. The maximum absolute atomic E-state index is 11.9. The van der Waals surface area contributed by atoms with E-state index >= 15 is 0 Å². The van der Waals surface area contributed by atoms with E-state index in [9.17, 15) is 4.79 Å². The Morgan fingerprint density at radius 3 is 2.70 bits per heavy atom. The first kappa shape index (κ1) is 12.3. The molecule has 0 aliphatic rings. The van der Waals surface area contributed by atoms with Crippen molar-refractivity contribution in [1.82, 2.24) is 10.1 Å². The van der Waals surface area contributed by atoms with Crippen LogP contribution in [0.3, 0.4) is 0 Å². The summed E-state index contributed by atoms with van der Waals surface area (Å²) in [6.07, 6.45) is 0. The van der Waals surface area contributed by atoms with Crippen LogP contribution in [0.15, 0.2) is 40.9 Å². The number of hydrogen-bond donors (Lipinski definition) is 0. The highest BCUT2D eigenvalue weighted by atomic mass is 16.5. The number of carbonyl (C=O) groups is 1. The molecule has 5 nitrogen and oxygen atoms in total. The van der Waals surface area contributed by atoms with Crippen LogP contribution in [0.1, 0.15) is 16.1 Å². The lowest BCUT2D eigenvalue weighted by Crippen LogP contribution is -2.03. The quantitative estimate of drug-likeness (QED) is 0.668. The molecule has 0 fully saturated rings. The molecule has 0 radical (unpaired) electrons. The second-order valence-corrected chi connectivity index (χ2v) is 4.36. The van der Waals surface area contributed by atoms with Crippen molar-refractivity contribution in [3.63, 3.8) is 0 Å². The maximum atomic E-state index is 11.9. The van der Waals surface area contributed by atoms with Gasteiger partial charge in [0.25, 0.3) is 5.71 Å². The van der Waals surface area contributed by atoms with E-state index < -0.39 is 5.97 Å². The van der Waals surface area contributed by atoms with Gasteiger partial charge in [-0.2, -0.15) is 0 Å². The van der Waals surface area contributed by atoms with Crippen molar-refractivity contribution in [3.8, 4) is 11.3 Å². The Labute approximate surface area is 115 Å². The summed E-state index contributed by atoms with van der Waals surface area (Å²) in [6.45, 7) is 1.77. The molecule has 3 aromatic rings. The summed E-state index contributed by atoms with van der Waals surface area (Å²) in [7, 11) is 1.35. The number of hydrogen-bond acceptors (Lipinski definition) is 5. The second-order valence-electron chi connectivity index (χ2n) is 4.36. The predicted octanol–water partition coefficient (Wildman–Crippen LogP) is 2.98. The maximum Gasteiger partial charge on any atom is 0.338 e. The number of carbonyl (C=O) groups excluding carboxylic acids is 1. The van der Waals surface area contributed by atoms with Gasteiger partial charge in [-0.25, -0.2) is 9.78 Å². The average molecular weight is 268 g/mol. The Morgan fingerprint density at radius 2 is 2.00 bits per heavy atom. The Morgan fingerprint density at radius 1 is 1.25 bits per heavy atom. The van der Waals surface area contributed by atoms with Crippen LogP contribution in [0.5, 0.6) is 0 Å². The highest BCUT2D eigenvalue weighted by molar-refractivity contribution is 6.04. The lowest BCUT2D eigenvalue weighted by molar-refractivity contribution is 0.0603. The first-order valence-electron chi connectivity index (χ1n) is 6.11. The lowest BCUT2D eigenvalue weighted by Gasteiger charge is -2.05. The van der Waals surface area contributed by atoms with Gasteiger partial charge >= 0.3 is 5.97 Å². The van der Waals surface area contributed by atoms with E-state index in [1.165, 1.54) is 7.11 Å². The number of aryl methyl sites for hydroxylation is 1. The molecule has 20 heavy (non-hydrogen) atoms. The summed E-state index contributed by atoms with van der Waals surface area (Å²) in [5, 5.41) is 4.46. The van der Waals surface area contributed by atoms with Gasteiger partial charge in [-0.15, -0.1) is 0 Å². The molecule has 0 N–H and O–H groups in total. The fraction of sp³-hybridized carbons (Fsp3) is 0.133. The molecule has 0 saturated carbocycles. The monoisotopic (exact) mass is 268 g/mol. The molecule has 100 valence electrons. The number of benzene rings is 1. The number of ether oxygens (including phenoxy) is 1. The van der Waals surface area contributed by atoms with Crippen LogP contribution in [0.4, 0.5) is 0 Å². The van der Waals surface area contributed by atoms with Crippen molar-refractivity contribution in [2.75, 3.05) is 7.11 Å². The zero-order valence-electron chi connectivity index (χ0n) is 11.1. The molecular weight excluding hydrogens is 256 g/mol. The van der Waals surface area contributed by atoms with Gasteiger partial charge in [0.1, 0.15) is 0 Å². The molecule has 1 aromatic carbocycles. The van der Waals surface area contributed by atoms with Crippen molar-refractivity contribution in [1.29, 1.82) is 0 Å². The van der Waals surface area contributed by atoms with Gasteiger partial charge < -0.3 is 9.26 Å². The van der Waals surface area contributed by atoms with Crippen molar-refractivity contribution >= 4 is 17.1 Å². The molecule has 0 amide bonds. The number of methoxy groups -OCH3 is 1. The number of pyridine rings is 1. The third-order valence-electron chi connectivity index (χ3n) is 3.09. The molecule has 0 atom stereocenters. The van der Waals surface area contributed by atoms with E-state index in [0.717, 1.165) is 5.56 Å². The van der Waals surface area contributed by atoms with Gasteiger partial charge in [0.15, 0.2) is 0 Å². The minimum Gasteiger partial charge on any atom is -0.465 e. The summed E-state index contributed by atoms with van der Waals surface area (Å²) in [4.78, 5) is 16.3.